The number of anilines is 1. The summed E-state index contributed by atoms with van der Waals surface area (Å²) in [6, 6.07) is 4.71. The van der Waals surface area contributed by atoms with Crippen LogP contribution in [0.3, 0.4) is 0 Å². The lowest BCUT2D eigenvalue weighted by Gasteiger charge is -2.31. The van der Waals surface area contributed by atoms with Crippen molar-refractivity contribution < 1.29 is 27.8 Å². The highest BCUT2D eigenvalue weighted by molar-refractivity contribution is 5.92. The first kappa shape index (κ1) is 13.7. The minimum Gasteiger partial charge on any atom is -0.447 e. The van der Waals surface area contributed by atoms with E-state index in [0.29, 0.717) is 0 Å². The summed E-state index contributed by atoms with van der Waals surface area (Å²) in [6.45, 7) is 0.810. The number of para-hydroxylation sites is 1. The van der Waals surface area contributed by atoms with Gasteiger partial charge in [0.15, 0.2) is 0 Å². The number of carbonyl (C=O) groups is 1. The van der Waals surface area contributed by atoms with Crippen LogP contribution in [0.15, 0.2) is 24.3 Å². The van der Waals surface area contributed by atoms with Gasteiger partial charge in [-0.25, -0.2) is 4.79 Å². The number of amides is 1. The Morgan fingerprint density at radius 1 is 1.42 bits per heavy atom. The van der Waals surface area contributed by atoms with E-state index >= 15 is 0 Å². The molecule has 1 aliphatic rings. The third-order valence-corrected chi connectivity index (χ3v) is 3.02. The van der Waals surface area contributed by atoms with Gasteiger partial charge < -0.3 is 9.84 Å². The summed E-state index contributed by atoms with van der Waals surface area (Å²) < 4.78 is 43.6. The molecule has 0 bridgehead atoms. The average Bonchev–Trinajstić information content (AvgIpc) is 2.65. The first-order valence-corrected chi connectivity index (χ1v) is 5.54. The summed E-state index contributed by atoms with van der Waals surface area (Å²) in [5.74, 6) is 0. The second-order valence-electron chi connectivity index (χ2n) is 4.56. The molecule has 0 aromatic heterocycles. The number of nitrogens with zero attached hydrogens (tertiary/aromatic N) is 1. The molecule has 2 rings (SSSR count). The van der Waals surface area contributed by atoms with E-state index in [2.05, 4.69) is 0 Å². The second-order valence-corrected chi connectivity index (χ2v) is 4.56. The van der Waals surface area contributed by atoms with Crippen LogP contribution >= 0.6 is 0 Å². The molecule has 0 saturated carbocycles. The maximum Gasteiger partial charge on any atom is 0.418 e. The first-order valence-electron chi connectivity index (χ1n) is 5.54. The molecular weight excluding hydrogens is 263 g/mol. The van der Waals surface area contributed by atoms with E-state index in [-0.39, 0.29) is 12.3 Å². The van der Waals surface area contributed by atoms with Crippen molar-refractivity contribution in [1.82, 2.24) is 0 Å². The second kappa shape index (κ2) is 4.41. The van der Waals surface area contributed by atoms with Crippen LogP contribution in [0.5, 0.6) is 0 Å². The number of cyclic esters (lactones) is 1. The smallest absolute Gasteiger partial charge is 0.418 e. The van der Waals surface area contributed by atoms with Crippen molar-refractivity contribution in [2.75, 3.05) is 18.1 Å². The fourth-order valence-corrected chi connectivity index (χ4v) is 1.98. The average molecular weight is 275 g/mol. The van der Waals surface area contributed by atoms with Gasteiger partial charge in [-0.1, -0.05) is 12.1 Å². The zero-order chi connectivity index (χ0) is 14.3. The highest BCUT2D eigenvalue weighted by Gasteiger charge is 2.47. The largest absolute Gasteiger partial charge is 0.447 e. The minimum absolute atomic E-state index is 0.158. The maximum atomic E-state index is 12.9. The lowest BCUT2D eigenvalue weighted by molar-refractivity contribution is -0.137. The van der Waals surface area contributed by atoms with Gasteiger partial charge in [-0.15, -0.1) is 0 Å². The van der Waals surface area contributed by atoms with Crippen LogP contribution in [0.25, 0.3) is 0 Å². The zero-order valence-electron chi connectivity index (χ0n) is 10.1. The number of hydrogen-bond acceptors (Lipinski definition) is 3. The Hall–Kier alpha value is -1.76. The molecule has 0 spiro atoms. The Bertz CT molecular complexity index is 503. The summed E-state index contributed by atoms with van der Waals surface area (Å²) in [6.07, 6.45) is -5.48. The molecule has 7 heteroatoms. The number of rotatable bonds is 2. The van der Waals surface area contributed by atoms with E-state index in [1.807, 2.05) is 0 Å². The predicted molar refractivity (Wildman–Crippen MR) is 60.8 cm³/mol. The monoisotopic (exact) mass is 275 g/mol. The van der Waals surface area contributed by atoms with E-state index < -0.39 is 30.0 Å². The number of benzene rings is 1. The Labute approximate surface area is 107 Å². The van der Waals surface area contributed by atoms with Crippen LogP contribution in [0, 0.1) is 0 Å². The predicted octanol–water partition coefficient (Wildman–Crippen LogP) is 2.41. The highest BCUT2D eigenvalue weighted by Crippen LogP contribution is 2.40. The molecule has 1 atom stereocenters. The zero-order valence-corrected chi connectivity index (χ0v) is 10.1. The fourth-order valence-electron chi connectivity index (χ4n) is 1.98. The Balaban J connectivity index is 2.55. The number of carbonyl (C=O) groups excluding carboxylic acids is 1. The fraction of sp³-hybridized carbons (Fsp3) is 0.417. The first-order chi connectivity index (χ1) is 8.79. The van der Waals surface area contributed by atoms with Gasteiger partial charge in [-0.2, -0.15) is 13.2 Å². The molecule has 1 aromatic carbocycles. The number of halogens is 3. The van der Waals surface area contributed by atoms with Crippen molar-refractivity contribution in [3.8, 4) is 0 Å². The van der Waals surface area contributed by atoms with Gasteiger partial charge in [0.25, 0.3) is 0 Å². The van der Waals surface area contributed by atoms with E-state index in [9.17, 15) is 23.1 Å². The third kappa shape index (κ3) is 2.25. The molecule has 1 heterocycles. The van der Waals surface area contributed by atoms with Crippen molar-refractivity contribution in [3.63, 3.8) is 0 Å². The number of hydrogen-bond donors (Lipinski definition) is 1. The summed E-state index contributed by atoms with van der Waals surface area (Å²) in [4.78, 5) is 12.5. The van der Waals surface area contributed by atoms with Crippen LogP contribution in [-0.4, -0.2) is 30.0 Å². The number of aliphatic hydroxyl groups is 1. The van der Waals surface area contributed by atoms with Crippen molar-refractivity contribution in [2.24, 2.45) is 0 Å². The molecule has 104 valence electrons. The highest BCUT2D eigenvalue weighted by atomic mass is 19.4. The Morgan fingerprint density at radius 3 is 2.63 bits per heavy atom. The molecule has 0 aliphatic carbocycles. The SMILES string of the molecule is CC1(CO)COC(=O)N1c1ccccc1C(F)(F)F. The molecule has 1 N–H and O–H groups in total. The standard InChI is InChI=1S/C12H12F3NO3/c1-11(6-17)7-19-10(18)16(11)9-5-3-2-4-8(9)12(13,14)15/h2-5,17H,6-7H2,1H3. The number of ether oxygens (including phenoxy) is 1. The van der Waals surface area contributed by atoms with E-state index in [0.717, 1.165) is 11.0 Å². The lowest BCUT2D eigenvalue weighted by atomic mass is 10.0. The molecule has 1 amide bonds. The van der Waals surface area contributed by atoms with Gasteiger partial charge in [-0.3, -0.25) is 4.90 Å². The van der Waals surface area contributed by atoms with Gasteiger partial charge in [0, 0.05) is 0 Å². The lowest BCUT2D eigenvalue weighted by Crippen LogP contribution is -2.48. The van der Waals surface area contributed by atoms with Gasteiger partial charge in [0.1, 0.15) is 12.1 Å². The van der Waals surface area contributed by atoms with Crippen LogP contribution in [0.1, 0.15) is 12.5 Å². The van der Waals surface area contributed by atoms with Gasteiger partial charge in [0.05, 0.1) is 17.9 Å². The third-order valence-electron chi connectivity index (χ3n) is 3.02. The molecular formula is C12H12F3NO3. The van der Waals surface area contributed by atoms with Crippen LogP contribution < -0.4 is 4.90 Å². The van der Waals surface area contributed by atoms with E-state index in [4.69, 9.17) is 4.74 Å². The summed E-state index contributed by atoms with van der Waals surface area (Å²) in [5.41, 5.74) is -2.44. The number of aliphatic hydroxyl groups excluding tert-OH is 1. The molecule has 1 aliphatic heterocycles. The Morgan fingerprint density at radius 2 is 2.05 bits per heavy atom. The Kier molecular flexibility index (Phi) is 3.17. The van der Waals surface area contributed by atoms with E-state index in [1.54, 1.807) is 0 Å². The minimum atomic E-state index is -4.59. The van der Waals surface area contributed by atoms with Crippen LogP contribution in [-0.2, 0) is 10.9 Å². The maximum absolute atomic E-state index is 12.9. The van der Waals surface area contributed by atoms with Crippen molar-refractivity contribution in [1.29, 1.82) is 0 Å². The molecule has 1 unspecified atom stereocenters. The van der Waals surface area contributed by atoms with Crippen LogP contribution in [0.4, 0.5) is 23.7 Å². The molecule has 19 heavy (non-hydrogen) atoms. The molecule has 0 radical (unpaired) electrons. The number of alkyl halides is 3. The molecule has 1 saturated heterocycles. The van der Waals surface area contributed by atoms with Gasteiger partial charge >= 0.3 is 12.3 Å². The molecule has 1 fully saturated rings. The normalized spacial score (nSPS) is 23.6. The van der Waals surface area contributed by atoms with Crippen LogP contribution in [0.2, 0.25) is 0 Å². The van der Waals surface area contributed by atoms with Crippen molar-refractivity contribution in [3.05, 3.63) is 29.8 Å². The van der Waals surface area contributed by atoms with E-state index in [1.165, 1.54) is 25.1 Å². The summed E-state index contributed by atoms with van der Waals surface area (Å²) >= 11 is 0. The van der Waals surface area contributed by atoms with Crippen molar-refractivity contribution >= 4 is 11.8 Å². The summed E-state index contributed by atoms with van der Waals surface area (Å²) in [5, 5.41) is 9.31. The van der Waals surface area contributed by atoms with Gasteiger partial charge in [0.2, 0.25) is 0 Å². The topological polar surface area (TPSA) is 49.8 Å². The quantitative estimate of drug-likeness (QED) is 0.901. The summed E-state index contributed by atoms with van der Waals surface area (Å²) in [7, 11) is 0. The molecule has 1 aromatic rings. The molecule has 4 nitrogen and oxygen atoms in total. The van der Waals surface area contributed by atoms with Gasteiger partial charge in [-0.05, 0) is 19.1 Å². The van der Waals surface area contributed by atoms with Crippen molar-refractivity contribution in [2.45, 2.75) is 18.6 Å².